The molecule has 0 aliphatic heterocycles. The molecule has 0 amide bonds. The number of carbonyl (C=O) groups is 2. The maximum atomic E-state index is 10.5. The van der Waals surface area contributed by atoms with E-state index in [2.05, 4.69) is 60.6 Å². The second-order valence-electron chi connectivity index (χ2n) is 10.3. The molecule has 0 saturated heterocycles. The lowest BCUT2D eigenvalue weighted by atomic mass is 10.1. The van der Waals surface area contributed by atoms with Crippen LogP contribution < -0.4 is 5.32 Å². The smallest absolute Gasteiger partial charge is 0.129 e. The highest BCUT2D eigenvalue weighted by atomic mass is 32.1. The first-order valence-corrected chi connectivity index (χ1v) is 15.2. The summed E-state index contributed by atoms with van der Waals surface area (Å²) in [6.07, 6.45) is 21.5. The predicted octanol–water partition coefficient (Wildman–Crippen LogP) is 7.59. The van der Waals surface area contributed by atoms with Crippen LogP contribution >= 0.6 is 24.4 Å². The van der Waals surface area contributed by atoms with Crippen LogP contribution in [0.25, 0.3) is 0 Å². The Morgan fingerprint density at radius 1 is 0.947 bits per heavy atom. The van der Waals surface area contributed by atoms with Gasteiger partial charge in [0.1, 0.15) is 21.5 Å². The Kier molecular flexibility index (Phi) is 16.5. The molecule has 0 heterocycles. The molecule has 1 N–H and O–H groups in total. The van der Waals surface area contributed by atoms with E-state index in [1.807, 2.05) is 20.9 Å². The number of nitrogens with zero attached hydrogens (tertiary/aromatic N) is 1. The van der Waals surface area contributed by atoms with E-state index in [-0.39, 0.29) is 11.6 Å². The summed E-state index contributed by atoms with van der Waals surface area (Å²) >= 11 is 10.5. The number of nitrogens with one attached hydrogen (secondary N) is 1. The molecule has 4 nitrogen and oxygen atoms in total. The zero-order chi connectivity index (χ0) is 28.7. The molecule has 2 fully saturated rings. The number of ketones is 2. The van der Waals surface area contributed by atoms with Crippen molar-refractivity contribution >= 4 is 46.0 Å². The summed E-state index contributed by atoms with van der Waals surface area (Å²) in [5, 5.41) is 3.02. The lowest BCUT2D eigenvalue weighted by molar-refractivity contribution is -0.118. The molecule has 4 atom stereocenters. The third-order valence-electron chi connectivity index (χ3n) is 7.05. The van der Waals surface area contributed by atoms with Crippen LogP contribution in [-0.4, -0.2) is 47.1 Å². The number of unbranched alkanes of at least 4 members (excludes halogenated alkanes) is 3. The minimum Gasteiger partial charge on any atom is -0.379 e. The molecular weight excluding hydrogens is 508 g/mol. The average Bonchev–Trinajstić information content (AvgIpc) is 3.84. The van der Waals surface area contributed by atoms with Gasteiger partial charge in [-0.15, -0.1) is 0 Å². The molecular formula is C32H50N2O2S2. The summed E-state index contributed by atoms with van der Waals surface area (Å²) in [6.45, 7) is 10.3. The van der Waals surface area contributed by atoms with Gasteiger partial charge in [0.05, 0.1) is 0 Å². The average molecular weight is 559 g/mol. The molecule has 0 aromatic rings. The van der Waals surface area contributed by atoms with E-state index < -0.39 is 0 Å². The van der Waals surface area contributed by atoms with E-state index in [4.69, 9.17) is 24.4 Å². The Bertz CT molecular complexity index is 914. The van der Waals surface area contributed by atoms with E-state index in [9.17, 15) is 9.59 Å². The largest absolute Gasteiger partial charge is 0.379 e. The highest BCUT2D eigenvalue weighted by Gasteiger charge is 2.40. The van der Waals surface area contributed by atoms with E-state index in [1.54, 1.807) is 13.8 Å². The van der Waals surface area contributed by atoms with Gasteiger partial charge in [0.2, 0.25) is 0 Å². The Balaban J connectivity index is 0.000000277. The molecule has 0 aromatic carbocycles. The van der Waals surface area contributed by atoms with Gasteiger partial charge >= 0.3 is 0 Å². The number of hydrogen-bond donors (Lipinski definition) is 1. The first-order chi connectivity index (χ1) is 18.2. The van der Waals surface area contributed by atoms with Crippen LogP contribution in [0, 0.1) is 23.7 Å². The van der Waals surface area contributed by atoms with Crippen molar-refractivity contribution in [1.82, 2.24) is 10.2 Å². The first kappa shape index (κ1) is 34.1. The van der Waals surface area contributed by atoms with Crippen LogP contribution in [0.3, 0.4) is 0 Å². The van der Waals surface area contributed by atoms with Crippen LogP contribution in [0.15, 0.2) is 47.6 Å². The Labute approximate surface area is 243 Å². The highest BCUT2D eigenvalue weighted by Crippen LogP contribution is 2.47. The van der Waals surface area contributed by atoms with Crippen molar-refractivity contribution in [2.45, 2.75) is 86.0 Å². The lowest BCUT2D eigenvalue weighted by Gasteiger charge is -2.19. The Hall–Kier alpha value is -1.92. The van der Waals surface area contributed by atoms with Crippen LogP contribution in [0.1, 0.15) is 86.0 Å². The third kappa shape index (κ3) is 12.8. The molecule has 0 spiro atoms. The highest BCUT2D eigenvalue weighted by molar-refractivity contribution is 7.81. The number of thiocarbonyl (C=S) groups is 2. The summed E-state index contributed by atoms with van der Waals surface area (Å²) in [6, 6.07) is 0. The van der Waals surface area contributed by atoms with Gasteiger partial charge < -0.3 is 19.8 Å². The van der Waals surface area contributed by atoms with Gasteiger partial charge in [-0.25, -0.2) is 0 Å². The van der Waals surface area contributed by atoms with Crippen molar-refractivity contribution in [1.29, 1.82) is 0 Å². The fourth-order valence-electron chi connectivity index (χ4n) is 4.37. The normalized spacial score (nSPS) is 22.6. The van der Waals surface area contributed by atoms with Crippen molar-refractivity contribution in [3.05, 3.63) is 47.6 Å². The molecule has 0 bridgehead atoms. The number of Topliss-reactive ketones (excluding diaryl/α,β-unsaturated/α-hetero) is 2. The number of fused-ring (bicyclic) bond motifs is 2. The quantitative estimate of drug-likeness (QED) is 0.220. The first-order valence-electron chi connectivity index (χ1n) is 14.4. The number of rotatable bonds is 10. The maximum absolute atomic E-state index is 10.5. The molecule has 4 unspecified atom stereocenters. The van der Waals surface area contributed by atoms with Gasteiger partial charge in [0.25, 0.3) is 0 Å². The Morgan fingerprint density at radius 2 is 1.55 bits per heavy atom. The summed E-state index contributed by atoms with van der Waals surface area (Å²) in [5.74, 6) is 3.69. The van der Waals surface area contributed by atoms with Gasteiger partial charge in [-0.05, 0) is 75.7 Å². The molecule has 38 heavy (non-hydrogen) atoms. The van der Waals surface area contributed by atoms with Gasteiger partial charge in [0.15, 0.2) is 0 Å². The van der Waals surface area contributed by atoms with Gasteiger partial charge in [-0.1, -0.05) is 87.6 Å². The summed E-state index contributed by atoms with van der Waals surface area (Å²) < 4.78 is 0. The van der Waals surface area contributed by atoms with Crippen LogP contribution in [-0.2, 0) is 9.59 Å². The fraction of sp³-hybridized carbons (Fsp3) is 0.625. The molecule has 4 aliphatic rings. The van der Waals surface area contributed by atoms with Crippen LogP contribution in [0.4, 0.5) is 0 Å². The number of likely N-dealkylation sites (N-methyl/N-ethyl adjacent to an activating group) is 2. The van der Waals surface area contributed by atoms with Gasteiger partial charge in [-0.3, -0.25) is 0 Å². The lowest BCUT2D eigenvalue weighted by Crippen LogP contribution is -2.25. The van der Waals surface area contributed by atoms with Crippen molar-refractivity contribution in [2.24, 2.45) is 23.7 Å². The van der Waals surface area contributed by atoms with Gasteiger partial charge in [0, 0.05) is 39.1 Å². The van der Waals surface area contributed by atoms with E-state index in [1.165, 1.54) is 24.0 Å². The second kappa shape index (κ2) is 18.4. The summed E-state index contributed by atoms with van der Waals surface area (Å²) in [5.41, 5.74) is 2.58. The minimum absolute atomic E-state index is 0.265. The standard InChI is InChI=1S/C11H15NS.C10H18O2.C9H11NS.C2H6/c1-3-12(2)11(13)9-5-4-8-6-10(8)7-9;1-9(11)7-5-3-4-6-8-10(2)12;1-10-9(11)7-4-2-3-6-5-8(6)7;1-2/h4-5,7-8,10H,3,6H2,1-2H3;3-8H2,1-2H3;2-4,6,8H,5H2,1H3,(H,10,11);1-2H3. The van der Waals surface area contributed by atoms with Crippen LogP contribution in [0.5, 0.6) is 0 Å². The van der Waals surface area contributed by atoms with Crippen molar-refractivity contribution in [2.75, 3.05) is 20.6 Å². The molecule has 4 rings (SSSR count). The topological polar surface area (TPSA) is 49.4 Å². The summed E-state index contributed by atoms with van der Waals surface area (Å²) in [4.78, 5) is 25.1. The monoisotopic (exact) mass is 558 g/mol. The molecule has 2 saturated carbocycles. The second-order valence-corrected chi connectivity index (χ2v) is 11.1. The SMILES string of the molecule is CC.CC(=O)CCCCCCC(C)=O.CCN(C)C(=S)C1=CC2CC2C=C1.CNC(=S)C1=CC=CC2CC12. The number of carbonyl (C=O) groups excluding carboxylic acids is 2. The zero-order valence-electron chi connectivity index (χ0n) is 24.7. The third-order valence-corrected chi connectivity index (χ3v) is 8.03. The number of hydrogen-bond acceptors (Lipinski definition) is 4. The minimum atomic E-state index is 0.265. The van der Waals surface area contributed by atoms with E-state index >= 15 is 0 Å². The molecule has 0 radical (unpaired) electrons. The zero-order valence-corrected chi connectivity index (χ0v) is 26.4. The van der Waals surface area contributed by atoms with E-state index in [0.717, 1.165) is 65.9 Å². The predicted molar refractivity (Wildman–Crippen MR) is 171 cm³/mol. The van der Waals surface area contributed by atoms with Gasteiger partial charge in [-0.2, -0.15) is 0 Å². The number of allylic oxidation sites excluding steroid dienone is 5. The van der Waals surface area contributed by atoms with Crippen molar-refractivity contribution < 1.29 is 9.59 Å². The summed E-state index contributed by atoms with van der Waals surface area (Å²) in [7, 11) is 3.94. The Morgan fingerprint density at radius 3 is 2.05 bits per heavy atom. The molecule has 4 aliphatic carbocycles. The van der Waals surface area contributed by atoms with E-state index in [0.29, 0.717) is 12.8 Å². The fourth-order valence-corrected chi connectivity index (χ4v) is 4.85. The van der Waals surface area contributed by atoms with Crippen molar-refractivity contribution in [3.63, 3.8) is 0 Å². The molecule has 212 valence electrons. The van der Waals surface area contributed by atoms with Crippen molar-refractivity contribution in [3.8, 4) is 0 Å². The molecule has 0 aromatic heterocycles. The van der Waals surface area contributed by atoms with Crippen LogP contribution in [0.2, 0.25) is 0 Å². The molecule has 6 heteroatoms. The maximum Gasteiger partial charge on any atom is 0.129 e.